The molecule has 0 spiro atoms. The molecule has 5 nitrogen and oxygen atoms in total. The normalized spacial score (nSPS) is 17.6. The molecule has 0 saturated heterocycles. The van der Waals surface area contributed by atoms with E-state index in [1.54, 1.807) is 0 Å². The van der Waals surface area contributed by atoms with Crippen molar-refractivity contribution in [2.75, 3.05) is 25.1 Å². The number of hydrogen-bond acceptors (Lipinski definition) is 5. The van der Waals surface area contributed by atoms with Gasteiger partial charge in [-0.15, -0.1) is 0 Å². The van der Waals surface area contributed by atoms with E-state index in [9.17, 15) is 4.79 Å². The zero-order chi connectivity index (χ0) is 22.1. The van der Waals surface area contributed by atoms with Gasteiger partial charge in [0.05, 0.1) is 19.3 Å². The number of nitrogens with one attached hydrogen (secondary N) is 1. The minimum Gasteiger partial charge on any atom is -0.490 e. The lowest BCUT2D eigenvalue weighted by molar-refractivity contribution is -0.116. The predicted molar refractivity (Wildman–Crippen MR) is 126 cm³/mol. The fraction of sp³-hybridized carbons (Fsp3) is 0.296. The fourth-order valence-corrected chi connectivity index (χ4v) is 4.90. The summed E-state index contributed by atoms with van der Waals surface area (Å²) < 4.78 is 11.5. The first kappa shape index (κ1) is 20.6. The van der Waals surface area contributed by atoms with Crippen molar-refractivity contribution in [3.8, 4) is 11.5 Å². The minimum atomic E-state index is -0.238. The number of carbonyl (C=O) groups is 1. The average molecular weight is 430 g/mol. The second-order valence-corrected chi connectivity index (χ2v) is 8.17. The van der Waals surface area contributed by atoms with E-state index in [0.717, 1.165) is 40.8 Å². The van der Waals surface area contributed by atoms with Crippen molar-refractivity contribution in [3.05, 3.63) is 71.3 Å². The molecule has 0 unspecified atom stereocenters. The first-order valence-electron chi connectivity index (χ1n) is 11.3. The largest absolute Gasteiger partial charge is 0.490 e. The predicted octanol–water partition coefficient (Wildman–Crippen LogP) is 5.28. The topological polar surface area (TPSA) is 67.8 Å². The molecule has 5 rings (SSSR count). The summed E-state index contributed by atoms with van der Waals surface area (Å²) in [5.74, 6) is 1.42. The van der Waals surface area contributed by atoms with Gasteiger partial charge in [0.15, 0.2) is 17.3 Å². The zero-order valence-corrected chi connectivity index (χ0v) is 18.2. The molecule has 1 aliphatic carbocycles. The van der Waals surface area contributed by atoms with E-state index in [0.29, 0.717) is 24.5 Å². The summed E-state index contributed by atoms with van der Waals surface area (Å²) in [5, 5.41) is 15.1. The van der Waals surface area contributed by atoms with Crippen molar-refractivity contribution in [1.82, 2.24) is 0 Å². The molecule has 1 atom stereocenters. The number of allylic oxidation sites excluding steroid dienone is 1. The summed E-state index contributed by atoms with van der Waals surface area (Å²) in [6, 6.07) is 18.2. The van der Waals surface area contributed by atoms with Crippen LogP contribution in [0.4, 0.5) is 5.69 Å². The molecule has 0 radical (unpaired) electrons. The van der Waals surface area contributed by atoms with Crippen LogP contribution in [0.3, 0.4) is 0 Å². The van der Waals surface area contributed by atoms with Crippen molar-refractivity contribution in [2.24, 2.45) is 0 Å². The molecular weight excluding hydrogens is 402 g/mol. The van der Waals surface area contributed by atoms with E-state index in [-0.39, 0.29) is 25.0 Å². The molecule has 1 heterocycles. The number of fused-ring (bicyclic) bond motifs is 4. The van der Waals surface area contributed by atoms with Gasteiger partial charge >= 0.3 is 0 Å². The number of rotatable bonds is 6. The van der Waals surface area contributed by atoms with Gasteiger partial charge in [0, 0.05) is 23.2 Å². The Labute approximate surface area is 187 Å². The number of Topliss-reactive ketones (excluding diaryl/α,β-unsaturated/α-hetero) is 1. The molecule has 164 valence electrons. The van der Waals surface area contributed by atoms with Gasteiger partial charge in [-0.05, 0) is 59.9 Å². The first-order chi connectivity index (χ1) is 15.7. The van der Waals surface area contributed by atoms with Crippen LogP contribution in [0.25, 0.3) is 16.3 Å². The highest BCUT2D eigenvalue weighted by molar-refractivity contribution is 6.12. The van der Waals surface area contributed by atoms with Gasteiger partial charge in [-0.3, -0.25) is 4.79 Å². The lowest BCUT2D eigenvalue weighted by atomic mass is 9.77. The Balaban J connectivity index is 1.65. The van der Waals surface area contributed by atoms with Gasteiger partial charge in [-0.1, -0.05) is 36.4 Å². The highest BCUT2D eigenvalue weighted by Crippen LogP contribution is 2.48. The maximum absolute atomic E-state index is 13.2. The SMILES string of the molecule is CCOc1cc([C@H]2Nc3ccc4ccccc4c3C3=C2C(=O)CCC3)ccc1OCCO. The van der Waals surface area contributed by atoms with Crippen LogP contribution in [0.1, 0.15) is 43.4 Å². The van der Waals surface area contributed by atoms with Crippen LogP contribution in [-0.4, -0.2) is 30.7 Å². The number of carbonyl (C=O) groups excluding carboxylic acids is 1. The first-order valence-corrected chi connectivity index (χ1v) is 11.3. The lowest BCUT2D eigenvalue weighted by Crippen LogP contribution is -2.27. The summed E-state index contributed by atoms with van der Waals surface area (Å²) in [5.41, 5.74) is 5.21. The quantitative estimate of drug-likeness (QED) is 0.558. The number of anilines is 1. The second-order valence-electron chi connectivity index (χ2n) is 8.17. The van der Waals surface area contributed by atoms with E-state index < -0.39 is 0 Å². The van der Waals surface area contributed by atoms with Gasteiger partial charge in [-0.2, -0.15) is 0 Å². The molecule has 0 amide bonds. The van der Waals surface area contributed by atoms with Gasteiger partial charge < -0.3 is 19.9 Å². The summed E-state index contributed by atoms with van der Waals surface area (Å²) in [6.45, 7) is 2.56. The van der Waals surface area contributed by atoms with Crippen LogP contribution >= 0.6 is 0 Å². The number of benzene rings is 3. The maximum Gasteiger partial charge on any atom is 0.161 e. The Morgan fingerprint density at radius 2 is 1.91 bits per heavy atom. The molecule has 5 heteroatoms. The monoisotopic (exact) mass is 429 g/mol. The van der Waals surface area contributed by atoms with Gasteiger partial charge in [0.1, 0.15) is 6.61 Å². The highest BCUT2D eigenvalue weighted by Gasteiger charge is 2.35. The molecule has 1 aliphatic heterocycles. The Kier molecular flexibility index (Phi) is 5.58. The number of hydrogen-bond donors (Lipinski definition) is 2. The van der Waals surface area contributed by atoms with Crippen molar-refractivity contribution in [3.63, 3.8) is 0 Å². The number of ketones is 1. The third kappa shape index (κ3) is 3.53. The van der Waals surface area contributed by atoms with E-state index in [1.807, 2.05) is 31.2 Å². The minimum absolute atomic E-state index is 0.0625. The molecule has 32 heavy (non-hydrogen) atoms. The average Bonchev–Trinajstić information content (AvgIpc) is 2.82. The van der Waals surface area contributed by atoms with Crippen molar-refractivity contribution < 1.29 is 19.4 Å². The standard InChI is InChI=1S/C27H27NO4/c1-2-31-24-16-18(11-13-23(24)32-15-14-29)27-26-20(8-5-9-22(26)30)25-19-7-4-3-6-17(19)10-12-21(25)28-27/h3-4,6-7,10-13,16,27-29H,2,5,8-9,14-15H2,1H3/t27-/m1/s1. The lowest BCUT2D eigenvalue weighted by Gasteiger charge is -2.35. The molecule has 0 saturated carbocycles. The third-order valence-corrected chi connectivity index (χ3v) is 6.23. The molecule has 3 aromatic carbocycles. The summed E-state index contributed by atoms with van der Waals surface area (Å²) in [7, 11) is 0. The van der Waals surface area contributed by atoms with E-state index in [1.165, 1.54) is 10.8 Å². The zero-order valence-electron chi connectivity index (χ0n) is 18.2. The molecule has 2 aliphatic rings. The Morgan fingerprint density at radius 1 is 1.03 bits per heavy atom. The maximum atomic E-state index is 13.2. The van der Waals surface area contributed by atoms with Crippen molar-refractivity contribution in [1.29, 1.82) is 0 Å². The van der Waals surface area contributed by atoms with Crippen LogP contribution in [0.5, 0.6) is 11.5 Å². The summed E-state index contributed by atoms with van der Waals surface area (Å²) >= 11 is 0. The fourth-order valence-electron chi connectivity index (χ4n) is 4.90. The molecule has 0 fully saturated rings. The molecular formula is C27H27NO4. The number of aliphatic hydroxyl groups excluding tert-OH is 1. The molecule has 0 aromatic heterocycles. The van der Waals surface area contributed by atoms with E-state index in [2.05, 4.69) is 35.6 Å². The highest BCUT2D eigenvalue weighted by atomic mass is 16.5. The Morgan fingerprint density at radius 3 is 2.75 bits per heavy atom. The van der Waals surface area contributed by atoms with E-state index >= 15 is 0 Å². The Bertz CT molecular complexity index is 1210. The summed E-state index contributed by atoms with van der Waals surface area (Å²) in [6.07, 6.45) is 2.36. The van der Waals surface area contributed by atoms with Crippen molar-refractivity contribution >= 4 is 27.8 Å². The van der Waals surface area contributed by atoms with Gasteiger partial charge in [0.25, 0.3) is 0 Å². The second kappa shape index (κ2) is 8.67. The number of ether oxygens (including phenoxy) is 2. The molecule has 2 N–H and O–H groups in total. The van der Waals surface area contributed by atoms with Gasteiger partial charge in [0.2, 0.25) is 0 Å². The van der Waals surface area contributed by atoms with Crippen LogP contribution in [0.15, 0.2) is 60.2 Å². The Hall–Kier alpha value is -3.31. The smallest absolute Gasteiger partial charge is 0.161 e. The molecule has 3 aromatic rings. The summed E-state index contributed by atoms with van der Waals surface area (Å²) in [4.78, 5) is 13.2. The van der Waals surface area contributed by atoms with Crippen LogP contribution in [0.2, 0.25) is 0 Å². The van der Waals surface area contributed by atoms with E-state index in [4.69, 9.17) is 14.6 Å². The van der Waals surface area contributed by atoms with Crippen LogP contribution < -0.4 is 14.8 Å². The van der Waals surface area contributed by atoms with Crippen LogP contribution in [0, 0.1) is 0 Å². The third-order valence-electron chi connectivity index (χ3n) is 6.23. The van der Waals surface area contributed by atoms with Crippen molar-refractivity contribution in [2.45, 2.75) is 32.2 Å². The number of aliphatic hydroxyl groups is 1. The molecule has 0 bridgehead atoms. The van der Waals surface area contributed by atoms with Gasteiger partial charge in [-0.25, -0.2) is 0 Å². The van der Waals surface area contributed by atoms with Crippen LogP contribution in [-0.2, 0) is 4.79 Å².